The molecule has 2 aromatic heterocycles. The van der Waals surface area contributed by atoms with Crippen LogP contribution in [-0.4, -0.2) is 28.0 Å². The van der Waals surface area contributed by atoms with E-state index in [1.165, 1.54) is 4.68 Å². The fourth-order valence-electron chi connectivity index (χ4n) is 3.69. The summed E-state index contributed by atoms with van der Waals surface area (Å²) in [6.45, 7) is 5.51. The van der Waals surface area contributed by atoms with Crippen LogP contribution in [0.1, 0.15) is 30.7 Å². The number of hydrogen-bond acceptors (Lipinski definition) is 6. The maximum atomic E-state index is 13.2. The van der Waals surface area contributed by atoms with Crippen LogP contribution >= 0.6 is 0 Å². The van der Waals surface area contributed by atoms with E-state index in [1.807, 2.05) is 56.3 Å². The van der Waals surface area contributed by atoms with Gasteiger partial charge in [-0.15, -0.1) is 0 Å². The van der Waals surface area contributed by atoms with Crippen molar-refractivity contribution in [2.45, 2.75) is 33.2 Å². The van der Waals surface area contributed by atoms with Gasteiger partial charge in [0.05, 0.1) is 12.5 Å². The molecule has 0 spiro atoms. The Morgan fingerprint density at radius 3 is 2.59 bits per heavy atom. The number of carbonyl (C=O) groups is 1. The number of benzene rings is 2. The molecule has 0 aliphatic heterocycles. The van der Waals surface area contributed by atoms with Gasteiger partial charge in [-0.3, -0.25) is 9.59 Å². The molecule has 8 heteroatoms. The zero-order valence-electron chi connectivity index (χ0n) is 18.4. The van der Waals surface area contributed by atoms with Crippen LogP contribution in [0.25, 0.3) is 22.2 Å². The first-order chi connectivity index (χ1) is 15.4. The number of fused-ring (bicyclic) bond motifs is 1. The first kappa shape index (κ1) is 21.3. The Balaban J connectivity index is 1.83. The minimum atomic E-state index is -0.818. The van der Waals surface area contributed by atoms with E-state index in [4.69, 9.17) is 9.26 Å². The summed E-state index contributed by atoms with van der Waals surface area (Å²) >= 11 is 0. The van der Waals surface area contributed by atoms with Gasteiger partial charge in [0.25, 0.3) is 5.56 Å². The number of amides is 1. The van der Waals surface area contributed by atoms with E-state index in [0.717, 1.165) is 11.1 Å². The summed E-state index contributed by atoms with van der Waals surface area (Å²) in [5.74, 6) is 0.858. The molecular weight excluding hydrogens is 408 g/mol. The molecule has 0 aliphatic rings. The molecule has 4 rings (SSSR count). The Morgan fingerprint density at radius 2 is 1.94 bits per heavy atom. The lowest BCUT2D eigenvalue weighted by molar-refractivity contribution is -0.119. The second-order valence-corrected chi connectivity index (χ2v) is 7.57. The summed E-state index contributed by atoms with van der Waals surface area (Å²) in [5.41, 5.74) is 2.63. The lowest BCUT2D eigenvalue weighted by Gasteiger charge is -2.18. The van der Waals surface area contributed by atoms with Crippen LogP contribution in [0.4, 0.5) is 5.69 Å². The average molecular weight is 432 g/mol. The number of carbonyl (C=O) groups excluding carboxylic acids is 1. The highest BCUT2D eigenvalue weighted by atomic mass is 16.5. The van der Waals surface area contributed by atoms with Crippen molar-refractivity contribution in [1.82, 2.24) is 14.9 Å². The molecule has 0 saturated carbocycles. The summed E-state index contributed by atoms with van der Waals surface area (Å²) in [6.07, 6.45) is 0.370. The minimum Gasteiger partial charge on any atom is -0.497 e. The number of anilines is 1. The third-order valence-electron chi connectivity index (χ3n) is 5.35. The highest BCUT2D eigenvalue weighted by Crippen LogP contribution is 2.29. The molecule has 1 atom stereocenters. The van der Waals surface area contributed by atoms with Crippen LogP contribution in [0, 0.1) is 13.8 Å². The Morgan fingerprint density at radius 1 is 1.19 bits per heavy atom. The molecule has 164 valence electrons. The van der Waals surface area contributed by atoms with Crippen LogP contribution in [0.5, 0.6) is 5.75 Å². The van der Waals surface area contributed by atoms with Crippen LogP contribution in [0.2, 0.25) is 0 Å². The number of nitrogens with zero attached hydrogens (tertiary/aromatic N) is 3. The zero-order valence-corrected chi connectivity index (χ0v) is 18.4. The lowest BCUT2D eigenvalue weighted by atomic mass is 10.1. The number of aryl methyl sites for hydroxylation is 2. The van der Waals surface area contributed by atoms with E-state index in [-0.39, 0.29) is 11.4 Å². The Bertz CT molecular complexity index is 1340. The largest absolute Gasteiger partial charge is 0.497 e. The van der Waals surface area contributed by atoms with Gasteiger partial charge < -0.3 is 14.6 Å². The number of nitrogens with one attached hydrogen (secondary N) is 1. The standard InChI is InChI=1S/C24H24N4O4/c1-5-19(23(29)25-17-8-6-7-14(2)13-17)28-24(30)22-20(15(3)32-27-22)21(26-28)16-9-11-18(31-4)12-10-16/h6-13,19H,5H2,1-4H3,(H,25,29). The molecule has 0 radical (unpaired) electrons. The molecule has 1 amide bonds. The van der Waals surface area contributed by atoms with Gasteiger partial charge in [0, 0.05) is 11.3 Å². The van der Waals surface area contributed by atoms with E-state index in [0.29, 0.717) is 34.7 Å². The first-order valence-electron chi connectivity index (χ1n) is 10.3. The summed E-state index contributed by atoms with van der Waals surface area (Å²) in [5, 5.41) is 12.0. The maximum Gasteiger partial charge on any atom is 0.297 e. The third kappa shape index (κ3) is 3.87. The Labute approximate surface area is 184 Å². The smallest absolute Gasteiger partial charge is 0.297 e. The van der Waals surface area contributed by atoms with Crippen molar-refractivity contribution in [2.75, 3.05) is 12.4 Å². The summed E-state index contributed by atoms with van der Waals surface area (Å²) in [4.78, 5) is 26.3. The van der Waals surface area contributed by atoms with Gasteiger partial charge in [-0.2, -0.15) is 5.10 Å². The highest BCUT2D eigenvalue weighted by Gasteiger charge is 2.26. The number of ether oxygens (including phenoxy) is 1. The van der Waals surface area contributed by atoms with Gasteiger partial charge in [-0.25, -0.2) is 4.68 Å². The highest BCUT2D eigenvalue weighted by molar-refractivity contribution is 5.95. The fraction of sp³-hybridized carbons (Fsp3) is 0.250. The number of methoxy groups -OCH3 is 1. The Kier molecular flexibility index (Phi) is 5.77. The topological polar surface area (TPSA) is 99.2 Å². The van der Waals surface area contributed by atoms with E-state index in [1.54, 1.807) is 20.1 Å². The molecule has 4 aromatic rings. The minimum absolute atomic E-state index is 0.144. The first-order valence-corrected chi connectivity index (χ1v) is 10.3. The zero-order chi connectivity index (χ0) is 22.8. The number of hydrogen-bond donors (Lipinski definition) is 1. The molecule has 2 heterocycles. The third-order valence-corrected chi connectivity index (χ3v) is 5.35. The molecule has 2 aromatic carbocycles. The second kappa shape index (κ2) is 8.66. The number of rotatable bonds is 6. The molecule has 0 fully saturated rings. The molecule has 0 aliphatic carbocycles. The van der Waals surface area contributed by atoms with Gasteiger partial charge in [0.2, 0.25) is 5.91 Å². The SMILES string of the molecule is CCC(C(=O)Nc1cccc(C)c1)n1nc(-c2ccc(OC)cc2)c2c(C)onc2c1=O. The molecular formula is C24H24N4O4. The fourth-order valence-corrected chi connectivity index (χ4v) is 3.69. The molecule has 1 unspecified atom stereocenters. The van der Waals surface area contributed by atoms with Gasteiger partial charge in [0.15, 0.2) is 5.52 Å². The van der Waals surface area contributed by atoms with E-state index < -0.39 is 11.6 Å². The summed E-state index contributed by atoms with van der Waals surface area (Å²) in [7, 11) is 1.59. The monoisotopic (exact) mass is 432 g/mol. The predicted molar refractivity (Wildman–Crippen MR) is 122 cm³/mol. The summed E-state index contributed by atoms with van der Waals surface area (Å²) in [6, 6.07) is 14.0. The Hall–Kier alpha value is -3.94. The van der Waals surface area contributed by atoms with Crippen LogP contribution in [0.3, 0.4) is 0 Å². The van der Waals surface area contributed by atoms with E-state index >= 15 is 0 Å². The predicted octanol–water partition coefficient (Wildman–Crippen LogP) is 4.27. The quantitative estimate of drug-likeness (QED) is 0.489. The van der Waals surface area contributed by atoms with Gasteiger partial charge in [0.1, 0.15) is 23.2 Å². The van der Waals surface area contributed by atoms with Crippen LogP contribution in [0.15, 0.2) is 57.8 Å². The second-order valence-electron chi connectivity index (χ2n) is 7.57. The van der Waals surface area contributed by atoms with Gasteiger partial charge in [-0.05, 0) is 62.2 Å². The van der Waals surface area contributed by atoms with E-state index in [2.05, 4.69) is 15.6 Å². The van der Waals surface area contributed by atoms with Crippen molar-refractivity contribution in [3.63, 3.8) is 0 Å². The van der Waals surface area contributed by atoms with Crippen molar-refractivity contribution in [2.24, 2.45) is 0 Å². The molecule has 1 N–H and O–H groups in total. The lowest BCUT2D eigenvalue weighted by Crippen LogP contribution is -2.35. The number of aromatic nitrogens is 3. The molecule has 8 nitrogen and oxygen atoms in total. The molecule has 32 heavy (non-hydrogen) atoms. The van der Waals surface area contributed by atoms with Gasteiger partial charge in [-0.1, -0.05) is 24.2 Å². The average Bonchev–Trinajstić information content (AvgIpc) is 3.18. The van der Waals surface area contributed by atoms with Gasteiger partial charge >= 0.3 is 0 Å². The normalized spacial score (nSPS) is 12.0. The van der Waals surface area contributed by atoms with Crippen molar-refractivity contribution in [3.8, 4) is 17.0 Å². The van der Waals surface area contributed by atoms with Crippen molar-refractivity contribution < 1.29 is 14.1 Å². The van der Waals surface area contributed by atoms with Crippen molar-refractivity contribution in [3.05, 3.63) is 70.2 Å². The molecule has 0 bridgehead atoms. The summed E-state index contributed by atoms with van der Waals surface area (Å²) < 4.78 is 11.8. The van der Waals surface area contributed by atoms with Crippen LogP contribution in [-0.2, 0) is 4.79 Å². The van der Waals surface area contributed by atoms with Crippen LogP contribution < -0.4 is 15.6 Å². The molecule has 0 saturated heterocycles. The van der Waals surface area contributed by atoms with Crippen molar-refractivity contribution >= 4 is 22.5 Å². The van der Waals surface area contributed by atoms with Crippen molar-refractivity contribution in [1.29, 1.82) is 0 Å². The maximum absolute atomic E-state index is 13.2. The van der Waals surface area contributed by atoms with E-state index in [9.17, 15) is 9.59 Å².